The van der Waals surface area contributed by atoms with E-state index in [1.54, 1.807) is 30.3 Å². The van der Waals surface area contributed by atoms with E-state index in [9.17, 15) is 14.7 Å². The van der Waals surface area contributed by atoms with Crippen LogP contribution in [-0.2, 0) is 4.79 Å². The summed E-state index contributed by atoms with van der Waals surface area (Å²) in [5, 5.41) is 20.4. The van der Waals surface area contributed by atoms with Crippen LogP contribution >= 0.6 is 11.6 Å². The van der Waals surface area contributed by atoms with Crippen molar-refractivity contribution in [2.45, 2.75) is 70.7 Å². The fraction of sp³-hybridized carbons (Fsp3) is 0.400. The summed E-state index contributed by atoms with van der Waals surface area (Å²) in [6.07, 6.45) is 3.30. The van der Waals surface area contributed by atoms with Crippen LogP contribution in [0.15, 0.2) is 60.7 Å². The number of aromatic nitrogens is 2. The summed E-state index contributed by atoms with van der Waals surface area (Å²) in [5.74, 6) is -0.811. The lowest BCUT2D eigenvalue weighted by Gasteiger charge is -2.28. The minimum absolute atomic E-state index is 0.202. The number of aryl methyl sites for hydroxylation is 1. The molecule has 1 amide bonds. The number of carbonyl (C=O) groups excluding carboxylic acids is 2. The average Bonchev–Trinajstić information content (AvgIpc) is 3.57. The Morgan fingerprint density at radius 1 is 1.02 bits per heavy atom. The van der Waals surface area contributed by atoms with Crippen LogP contribution in [0.4, 0.5) is 0 Å². The number of nitrogens with zero attached hydrogens (tertiary/aromatic N) is 3. The first-order valence-corrected chi connectivity index (χ1v) is 15.9. The zero-order chi connectivity index (χ0) is 31.0. The average molecular weight is 615 g/mol. The van der Waals surface area contributed by atoms with Gasteiger partial charge in [-0.05, 0) is 100 Å². The monoisotopic (exact) mass is 614 g/mol. The molecular formula is C35H39ClN4O4. The zero-order valence-corrected chi connectivity index (χ0v) is 26.2. The number of benzene rings is 3. The van der Waals surface area contributed by atoms with Crippen molar-refractivity contribution >= 4 is 34.2 Å². The number of ketones is 1. The second kappa shape index (κ2) is 12.7. The standard InChI is InChI=1S/C35H39ClN4O4/c1-21(2)40-22(3)28-18-25(10-14-30(28)38-40)23-6-8-24(9-7-23)34(42)35(43)37-31(20-39-16-4-5-17-39)33(41)26-11-15-32(29(36)19-26)44-27-12-13-27/h6-11,14-15,18-19,21,27,31,33,41H,4-5,12-13,16-17,20H2,1-3H3,(H,37,43)/t31-,33-/m1/s1. The van der Waals surface area contributed by atoms with Crippen LogP contribution in [0, 0.1) is 6.92 Å². The number of nitrogens with one attached hydrogen (secondary N) is 1. The third kappa shape index (κ3) is 6.53. The molecule has 0 spiro atoms. The first-order chi connectivity index (χ1) is 21.2. The SMILES string of the molecule is Cc1c2cc(-c3ccc(C(=O)C(=O)N[C@H](CN4CCCC4)[C@H](O)c4ccc(OC5CC5)c(Cl)c4)cc3)ccc2nn1C(C)C. The summed E-state index contributed by atoms with van der Waals surface area (Å²) in [6, 6.07) is 18.0. The first-order valence-electron chi connectivity index (χ1n) is 15.5. The van der Waals surface area contributed by atoms with Gasteiger partial charge in [-0.3, -0.25) is 14.3 Å². The lowest BCUT2D eigenvalue weighted by atomic mass is 9.99. The fourth-order valence-electron chi connectivity index (χ4n) is 5.95. The number of ether oxygens (including phenoxy) is 1. The highest BCUT2D eigenvalue weighted by atomic mass is 35.5. The molecule has 2 atom stereocenters. The molecule has 1 saturated heterocycles. The minimum atomic E-state index is -1.05. The number of carbonyl (C=O) groups is 2. The number of aliphatic hydroxyl groups excluding tert-OH is 1. The van der Waals surface area contributed by atoms with Gasteiger partial charge in [0, 0.05) is 29.2 Å². The van der Waals surface area contributed by atoms with Crippen LogP contribution in [0.2, 0.25) is 5.02 Å². The molecule has 0 bridgehead atoms. The van der Waals surface area contributed by atoms with Crippen molar-refractivity contribution in [2.75, 3.05) is 19.6 Å². The van der Waals surface area contributed by atoms with Gasteiger partial charge in [0.1, 0.15) is 11.9 Å². The highest BCUT2D eigenvalue weighted by molar-refractivity contribution is 6.42. The highest BCUT2D eigenvalue weighted by Crippen LogP contribution is 2.34. The van der Waals surface area contributed by atoms with Gasteiger partial charge in [-0.1, -0.05) is 48.0 Å². The van der Waals surface area contributed by atoms with E-state index in [4.69, 9.17) is 21.4 Å². The van der Waals surface area contributed by atoms with Gasteiger partial charge in [-0.25, -0.2) is 0 Å². The molecule has 44 heavy (non-hydrogen) atoms. The topological polar surface area (TPSA) is 96.7 Å². The maximum atomic E-state index is 13.3. The van der Waals surface area contributed by atoms with Crippen molar-refractivity contribution in [3.63, 3.8) is 0 Å². The van der Waals surface area contributed by atoms with Crippen molar-refractivity contribution in [3.8, 4) is 16.9 Å². The number of likely N-dealkylation sites (tertiary alicyclic amines) is 1. The van der Waals surface area contributed by atoms with Gasteiger partial charge in [-0.15, -0.1) is 0 Å². The molecule has 2 aliphatic rings. The quantitative estimate of drug-likeness (QED) is 0.152. The summed E-state index contributed by atoms with van der Waals surface area (Å²) in [5.41, 5.74) is 4.85. The van der Waals surface area contributed by atoms with E-state index in [1.165, 1.54) is 0 Å². The van der Waals surface area contributed by atoms with Crippen molar-refractivity contribution in [1.29, 1.82) is 0 Å². The number of Topliss-reactive ketones (excluding diaryl/α,β-unsaturated/α-hetero) is 1. The second-order valence-corrected chi connectivity index (χ2v) is 12.7. The number of fused-ring (bicyclic) bond motifs is 1. The Morgan fingerprint density at radius 2 is 1.73 bits per heavy atom. The number of halogens is 1. The van der Waals surface area contributed by atoms with Gasteiger partial charge in [0.2, 0.25) is 5.78 Å². The van der Waals surface area contributed by atoms with Gasteiger partial charge in [0.05, 0.1) is 22.7 Å². The molecule has 2 N–H and O–H groups in total. The van der Waals surface area contributed by atoms with Crippen molar-refractivity contribution in [1.82, 2.24) is 20.0 Å². The number of hydrogen-bond acceptors (Lipinski definition) is 6. The Morgan fingerprint density at radius 3 is 2.39 bits per heavy atom. The van der Waals surface area contributed by atoms with Crippen LogP contribution in [0.5, 0.6) is 5.75 Å². The Bertz CT molecular complexity index is 1670. The van der Waals surface area contributed by atoms with Crippen molar-refractivity contribution < 1.29 is 19.4 Å². The molecule has 1 aliphatic carbocycles. The third-order valence-electron chi connectivity index (χ3n) is 8.59. The molecule has 8 nitrogen and oxygen atoms in total. The maximum absolute atomic E-state index is 13.3. The Kier molecular flexibility index (Phi) is 8.76. The molecule has 9 heteroatoms. The summed E-state index contributed by atoms with van der Waals surface area (Å²) >= 11 is 6.47. The summed E-state index contributed by atoms with van der Waals surface area (Å²) < 4.78 is 7.86. The molecule has 1 aromatic heterocycles. The van der Waals surface area contributed by atoms with E-state index in [2.05, 4.69) is 37.1 Å². The van der Waals surface area contributed by atoms with E-state index in [1.807, 2.05) is 28.9 Å². The molecular weight excluding hydrogens is 576 g/mol. The van der Waals surface area contributed by atoms with E-state index in [-0.39, 0.29) is 17.7 Å². The lowest BCUT2D eigenvalue weighted by molar-refractivity contribution is -0.118. The van der Waals surface area contributed by atoms with Gasteiger partial charge in [-0.2, -0.15) is 5.10 Å². The Hall–Kier alpha value is -3.72. The first kappa shape index (κ1) is 30.3. The van der Waals surface area contributed by atoms with Crippen molar-refractivity contribution in [3.05, 3.63) is 82.5 Å². The van der Waals surface area contributed by atoms with E-state index in [0.717, 1.165) is 66.5 Å². The van der Waals surface area contributed by atoms with Gasteiger partial charge >= 0.3 is 0 Å². The molecule has 2 fully saturated rings. The Balaban J connectivity index is 1.17. The number of rotatable bonds is 11. The normalized spacial score (nSPS) is 16.8. The molecule has 1 aliphatic heterocycles. The van der Waals surface area contributed by atoms with Gasteiger partial charge in [0.25, 0.3) is 5.91 Å². The smallest absolute Gasteiger partial charge is 0.292 e. The molecule has 230 valence electrons. The molecule has 3 aromatic carbocycles. The molecule has 0 radical (unpaired) electrons. The highest BCUT2D eigenvalue weighted by Gasteiger charge is 2.30. The third-order valence-corrected chi connectivity index (χ3v) is 8.88. The predicted molar refractivity (Wildman–Crippen MR) is 172 cm³/mol. The molecule has 1 saturated carbocycles. The largest absolute Gasteiger partial charge is 0.489 e. The van der Waals surface area contributed by atoms with Crippen LogP contribution in [0.3, 0.4) is 0 Å². The van der Waals surface area contributed by atoms with E-state index >= 15 is 0 Å². The molecule has 4 aromatic rings. The second-order valence-electron chi connectivity index (χ2n) is 12.3. The van der Waals surface area contributed by atoms with Gasteiger partial charge < -0.3 is 20.1 Å². The van der Waals surface area contributed by atoms with Crippen molar-refractivity contribution in [2.24, 2.45) is 0 Å². The number of aliphatic hydroxyl groups is 1. The number of amides is 1. The van der Waals surface area contributed by atoms with Crippen LogP contribution in [0.1, 0.15) is 73.3 Å². The molecule has 0 unspecified atom stereocenters. The summed E-state index contributed by atoms with van der Waals surface area (Å²) in [7, 11) is 0. The van der Waals surface area contributed by atoms with Crippen LogP contribution in [0.25, 0.3) is 22.0 Å². The van der Waals surface area contributed by atoms with E-state index in [0.29, 0.717) is 22.9 Å². The maximum Gasteiger partial charge on any atom is 0.292 e. The predicted octanol–water partition coefficient (Wildman–Crippen LogP) is 6.28. The Labute approximate surface area is 263 Å². The van der Waals surface area contributed by atoms with Crippen LogP contribution < -0.4 is 10.1 Å². The molecule has 6 rings (SSSR count). The number of hydrogen-bond donors (Lipinski definition) is 2. The fourth-order valence-corrected chi connectivity index (χ4v) is 6.18. The van der Waals surface area contributed by atoms with E-state index < -0.39 is 23.8 Å². The van der Waals surface area contributed by atoms with Crippen LogP contribution in [-0.4, -0.2) is 63.3 Å². The van der Waals surface area contributed by atoms with Gasteiger partial charge in [0.15, 0.2) is 0 Å². The molecule has 2 heterocycles. The minimum Gasteiger partial charge on any atom is -0.489 e. The lowest BCUT2D eigenvalue weighted by Crippen LogP contribution is -2.48. The zero-order valence-electron chi connectivity index (χ0n) is 25.4. The summed E-state index contributed by atoms with van der Waals surface area (Å²) in [6.45, 7) is 8.48. The summed E-state index contributed by atoms with van der Waals surface area (Å²) in [4.78, 5) is 28.7.